The Morgan fingerprint density at radius 3 is 2.00 bits per heavy atom. The Morgan fingerprint density at radius 1 is 1.17 bits per heavy atom. The van der Waals surface area contributed by atoms with Crippen LogP contribution in [-0.2, 0) is 0 Å². The molecule has 12 heavy (non-hydrogen) atoms. The van der Waals surface area contributed by atoms with Gasteiger partial charge in [-0.05, 0) is 18.8 Å². The first-order chi connectivity index (χ1) is 5.45. The minimum atomic E-state index is 0.318. The predicted octanol–water partition coefficient (Wildman–Crippen LogP) is 1.72. The minimum absolute atomic E-state index is 0.318. The smallest absolute Gasteiger partial charge is 0.0626 e. The molecule has 2 nitrogen and oxygen atoms in total. The highest BCUT2D eigenvalue weighted by atomic mass is 15.2. The second-order valence-electron chi connectivity index (χ2n) is 4.94. The summed E-state index contributed by atoms with van der Waals surface area (Å²) in [4.78, 5) is 0. The summed E-state index contributed by atoms with van der Waals surface area (Å²) >= 11 is 0. The molecule has 0 aromatic rings. The van der Waals surface area contributed by atoms with Gasteiger partial charge in [-0.2, -0.15) is 0 Å². The van der Waals surface area contributed by atoms with Crippen molar-refractivity contribution in [3.63, 3.8) is 0 Å². The SMILES string of the molecule is CCC1NC(C(C)(C)C)NC1C. The second-order valence-corrected chi connectivity index (χ2v) is 4.94. The van der Waals surface area contributed by atoms with Gasteiger partial charge in [0.05, 0.1) is 6.17 Å². The molecule has 0 aliphatic carbocycles. The molecule has 3 unspecified atom stereocenters. The molecule has 1 heterocycles. The summed E-state index contributed by atoms with van der Waals surface area (Å²) in [5.74, 6) is 0. The van der Waals surface area contributed by atoms with Gasteiger partial charge in [0.15, 0.2) is 0 Å². The molecule has 1 aliphatic rings. The lowest BCUT2D eigenvalue weighted by Crippen LogP contribution is -2.44. The van der Waals surface area contributed by atoms with Crippen molar-refractivity contribution in [3.05, 3.63) is 0 Å². The molecule has 1 aliphatic heterocycles. The quantitative estimate of drug-likeness (QED) is 0.626. The largest absolute Gasteiger partial charge is 0.297 e. The van der Waals surface area contributed by atoms with Gasteiger partial charge in [-0.1, -0.05) is 27.7 Å². The summed E-state index contributed by atoms with van der Waals surface area (Å²) < 4.78 is 0. The van der Waals surface area contributed by atoms with Crippen molar-refractivity contribution in [2.45, 2.75) is 59.3 Å². The average molecular weight is 170 g/mol. The van der Waals surface area contributed by atoms with Crippen molar-refractivity contribution in [3.8, 4) is 0 Å². The molecular formula is C10H22N2. The van der Waals surface area contributed by atoms with E-state index in [1.165, 1.54) is 6.42 Å². The predicted molar refractivity (Wildman–Crippen MR) is 53.1 cm³/mol. The van der Waals surface area contributed by atoms with Crippen LogP contribution in [0, 0.1) is 5.41 Å². The van der Waals surface area contributed by atoms with Crippen LogP contribution in [-0.4, -0.2) is 18.2 Å². The fourth-order valence-corrected chi connectivity index (χ4v) is 1.76. The molecule has 72 valence electrons. The summed E-state index contributed by atoms with van der Waals surface area (Å²) in [6.07, 6.45) is 1.68. The second kappa shape index (κ2) is 3.35. The standard InChI is InChI=1S/C10H22N2/c1-6-8-7(2)11-9(12-8)10(3,4)5/h7-9,11-12H,6H2,1-5H3. The molecule has 1 rings (SSSR count). The Balaban J connectivity index is 2.54. The Kier molecular flexibility index (Phi) is 2.79. The van der Waals surface area contributed by atoms with Crippen LogP contribution >= 0.6 is 0 Å². The van der Waals surface area contributed by atoms with Crippen LogP contribution in [0.4, 0.5) is 0 Å². The highest BCUT2D eigenvalue weighted by molar-refractivity contribution is 4.94. The third-order valence-corrected chi connectivity index (χ3v) is 2.72. The first-order valence-electron chi connectivity index (χ1n) is 4.97. The highest BCUT2D eigenvalue weighted by Crippen LogP contribution is 2.22. The van der Waals surface area contributed by atoms with E-state index in [1.54, 1.807) is 0 Å². The maximum absolute atomic E-state index is 3.62. The van der Waals surface area contributed by atoms with E-state index in [4.69, 9.17) is 0 Å². The van der Waals surface area contributed by atoms with Crippen LogP contribution < -0.4 is 10.6 Å². The van der Waals surface area contributed by atoms with Gasteiger partial charge in [0, 0.05) is 12.1 Å². The zero-order valence-electron chi connectivity index (χ0n) is 8.94. The molecule has 1 fully saturated rings. The zero-order valence-corrected chi connectivity index (χ0v) is 8.94. The van der Waals surface area contributed by atoms with Crippen LogP contribution in [0.1, 0.15) is 41.0 Å². The fourth-order valence-electron chi connectivity index (χ4n) is 1.76. The molecule has 0 amide bonds. The molecule has 2 N–H and O–H groups in total. The molecule has 0 saturated carbocycles. The summed E-state index contributed by atoms with van der Waals surface area (Å²) in [6, 6.07) is 1.26. The topological polar surface area (TPSA) is 24.1 Å². The maximum atomic E-state index is 3.62. The molecule has 2 heteroatoms. The van der Waals surface area contributed by atoms with Crippen LogP contribution in [0.5, 0.6) is 0 Å². The average Bonchev–Trinajstić information content (AvgIpc) is 2.29. The number of nitrogens with one attached hydrogen (secondary N) is 2. The van der Waals surface area contributed by atoms with Gasteiger partial charge in [-0.15, -0.1) is 0 Å². The molecule has 0 aromatic heterocycles. The van der Waals surface area contributed by atoms with E-state index in [2.05, 4.69) is 45.3 Å². The molecular weight excluding hydrogens is 148 g/mol. The van der Waals surface area contributed by atoms with Crippen LogP contribution in [0.3, 0.4) is 0 Å². The number of hydrogen-bond donors (Lipinski definition) is 2. The van der Waals surface area contributed by atoms with E-state index in [1.807, 2.05) is 0 Å². The number of rotatable bonds is 1. The van der Waals surface area contributed by atoms with E-state index >= 15 is 0 Å². The van der Waals surface area contributed by atoms with E-state index in [0.29, 0.717) is 23.7 Å². The Morgan fingerprint density at radius 2 is 1.75 bits per heavy atom. The molecule has 1 saturated heterocycles. The molecule has 0 bridgehead atoms. The summed E-state index contributed by atoms with van der Waals surface area (Å²) in [6.45, 7) is 11.3. The minimum Gasteiger partial charge on any atom is -0.297 e. The van der Waals surface area contributed by atoms with Gasteiger partial charge in [0.25, 0.3) is 0 Å². The monoisotopic (exact) mass is 170 g/mol. The normalized spacial score (nSPS) is 37.2. The van der Waals surface area contributed by atoms with Crippen molar-refractivity contribution in [2.75, 3.05) is 0 Å². The van der Waals surface area contributed by atoms with E-state index in [-0.39, 0.29) is 0 Å². The van der Waals surface area contributed by atoms with Crippen LogP contribution in [0.2, 0.25) is 0 Å². The first-order valence-corrected chi connectivity index (χ1v) is 4.97. The van der Waals surface area contributed by atoms with Gasteiger partial charge in [-0.25, -0.2) is 0 Å². The Hall–Kier alpha value is -0.0800. The Bertz CT molecular complexity index is 148. The molecule has 0 spiro atoms. The van der Waals surface area contributed by atoms with Crippen molar-refractivity contribution in [1.82, 2.24) is 10.6 Å². The summed E-state index contributed by atoms with van der Waals surface area (Å²) in [7, 11) is 0. The molecule has 0 aromatic carbocycles. The van der Waals surface area contributed by atoms with Gasteiger partial charge < -0.3 is 0 Å². The summed E-state index contributed by atoms with van der Waals surface area (Å²) in [5, 5.41) is 7.20. The van der Waals surface area contributed by atoms with Crippen molar-refractivity contribution in [1.29, 1.82) is 0 Å². The van der Waals surface area contributed by atoms with Crippen molar-refractivity contribution < 1.29 is 0 Å². The third kappa shape index (κ3) is 1.99. The van der Waals surface area contributed by atoms with Gasteiger partial charge in [-0.3, -0.25) is 10.6 Å². The lowest BCUT2D eigenvalue weighted by atomic mass is 9.93. The van der Waals surface area contributed by atoms with E-state index in [9.17, 15) is 0 Å². The van der Waals surface area contributed by atoms with Crippen molar-refractivity contribution >= 4 is 0 Å². The lowest BCUT2D eigenvalue weighted by Gasteiger charge is -2.27. The number of hydrogen-bond acceptors (Lipinski definition) is 2. The van der Waals surface area contributed by atoms with Gasteiger partial charge >= 0.3 is 0 Å². The van der Waals surface area contributed by atoms with E-state index < -0.39 is 0 Å². The zero-order chi connectivity index (χ0) is 9.35. The molecule has 3 atom stereocenters. The fraction of sp³-hybridized carbons (Fsp3) is 1.00. The summed E-state index contributed by atoms with van der Waals surface area (Å²) in [5.41, 5.74) is 0.318. The van der Waals surface area contributed by atoms with Crippen LogP contribution in [0.25, 0.3) is 0 Å². The van der Waals surface area contributed by atoms with Gasteiger partial charge in [0.2, 0.25) is 0 Å². The highest BCUT2D eigenvalue weighted by Gasteiger charge is 2.35. The van der Waals surface area contributed by atoms with E-state index in [0.717, 1.165) is 0 Å². The Labute approximate surface area is 76.1 Å². The van der Waals surface area contributed by atoms with Crippen molar-refractivity contribution in [2.24, 2.45) is 5.41 Å². The van der Waals surface area contributed by atoms with Gasteiger partial charge in [0.1, 0.15) is 0 Å². The third-order valence-electron chi connectivity index (χ3n) is 2.72. The maximum Gasteiger partial charge on any atom is 0.0626 e. The first kappa shape index (κ1) is 10.0. The lowest BCUT2D eigenvalue weighted by molar-refractivity contribution is 0.262. The van der Waals surface area contributed by atoms with Crippen LogP contribution in [0.15, 0.2) is 0 Å². The molecule has 0 radical (unpaired) electrons.